The summed E-state index contributed by atoms with van der Waals surface area (Å²) in [6.45, 7) is 6.00. The van der Waals surface area contributed by atoms with Crippen molar-refractivity contribution in [1.29, 1.82) is 0 Å². The highest BCUT2D eigenvalue weighted by Crippen LogP contribution is 2.27. The van der Waals surface area contributed by atoms with Crippen LogP contribution in [0.1, 0.15) is 51.0 Å². The van der Waals surface area contributed by atoms with Crippen molar-refractivity contribution in [3.8, 4) is 5.75 Å². The summed E-state index contributed by atoms with van der Waals surface area (Å²) in [5, 5.41) is 6.66. The summed E-state index contributed by atoms with van der Waals surface area (Å²) >= 11 is 0. The topological polar surface area (TPSA) is 66.0 Å². The number of amides is 1. The number of likely N-dealkylation sites (tertiary alicyclic amines) is 1. The molecule has 1 amide bonds. The second kappa shape index (κ2) is 12.1. The van der Waals surface area contributed by atoms with E-state index in [2.05, 4.69) is 23.6 Å². The summed E-state index contributed by atoms with van der Waals surface area (Å²) in [6.07, 6.45) is 6.58. The van der Waals surface area contributed by atoms with Gasteiger partial charge in [-0.25, -0.2) is 4.99 Å². The monoisotopic (exact) mass is 500 g/mol. The second-order valence-corrected chi connectivity index (χ2v) is 7.24. The highest BCUT2D eigenvalue weighted by atomic mass is 127. The lowest BCUT2D eigenvalue weighted by molar-refractivity contribution is -0.127. The van der Waals surface area contributed by atoms with Crippen LogP contribution in [0, 0.1) is 0 Å². The van der Waals surface area contributed by atoms with Gasteiger partial charge in [0.15, 0.2) is 5.96 Å². The SMILES string of the molecule is CCNC(=NCc1ccccc1OC1CCC1)NCCCN1CCCC1=O.I. The number of hydrogen-bond acceptors (Lipinski definition) is 3. The Bertz CT molecular complexity index is 649. The second-order valence-electron chi connectivity index (χ2n) is 7.24. The summed E-state index contributed by atoms with van der Waals surface area (Å²) < 4.78 is 6.09. The minimum Gasteiger partial charge on any atom is -0.490 e. The van der Waals surface area contributed by atoms with Gasteiger partial charge in [-0.3, -0.25) is 4.79 Å². The van der Waals surface area contributed by atoms with Crippen LogP contribution in [-0.2, 0) is 11.3 Å². The van der Waals surface area contributed by atoms with E-state index in [1.54, 1.807) is 0 Å². The van der Waals surface area contributed by atoms with Gasteiger partial charge in [-0.05, 0) is 45.1 Å². The van der Waals surface area contributed by atoms with Gasteiger partial charge in [-0.2, -0.15) is 0 Å². The van der Waals surface area contributed by atoms with Crippen LogP contribution in [0.25, 0.3) is 0 Å². The number of nitrogens with zero attached hydrogens (tertiary/aromatic N) is 2. The number of halogens is 1. The molecule has 0 spiro atoms. The van der Waals surface area contributed by atoms with Crippen LogP contribution < -0.4 is 15.4 Å². The lowest BCUT2D eigenvalue weighted by Gasteiger charge is -2.27. The Hall–Kier alpha value is -1.51. The maximum Gasteiger partial charge on any atom is 0.222 e. The molecule has 28 heavy (non-hydrogen) atoms. The fraction of sp³-hybridized carbons (Fsp3) is 0.619. The van der Waals surface area contributed by atoms with Gasteiger partial charge in [-0.15, -0.1) is 24.0 Å². The van der Waals surface area contributed by atoms with Crippen LogP contribution >= 0.6 is 24.0 Å². The molecule has 1 aromatic rings. The van der Waals surface area contributed by atoms with Crippen molar-refractivity contribution < 1.29 is 9.53 Å². The average Bonchev–Trinajstić information content (AvgIpc) is 3.05. The van der Waals surface area contributed by atoms with Crippen LogP contribution in [0.4, 0.5) is 0 Å². The molecule has 1 aliphatic heterocycles. The summed E-state index contributed by atoms with van der Waals surface area (Å²) in [5.74, 6) is 2.05. The molecule has 0 radical (unpaired) electrons. The molecule has 0 bridgehead atoms. The van der Waals surface area contributed by atoms with Gasteiger partial charge in [0.2, 0.25) is 5.91 Å². The lowest BCUT2D eigenvalue weighted by atomic mass is 9.96. The Balaban J connectivity index is 0.00000280. The van der Waals surface area contributed by atoms with Gasteiger partial charge in [-0.1, -0.05) is 18.2 Å². The van der Waals surface area contributed by atoms with Crippen LogP contribution in [0.5, 0.6) is 5.75 Å². The van der Waals surface area contributed by atoms with E-state index < -0.39 is 0 Å². The van der Waals surface area contributed by atoms with E-state index in [0.717, 1.165) is 69.1 Å². The number of benzene rings is 1. The molecule has 6 nitrogen and oxygen atoms in total. The number of nitrogens with one attached hydrogen (secondary N) is 2. The quantitative estimate of drug-likeness (QED) is 0.237. The third-order valence-corrected chi connectivity index (χ3v) is 5.14. The first kappa shape index (κ1) is 22.8. The zero-order valence-corrected chi connectivity index (χ0v) is 19.1. The van der Waals surface area contributed by atoms with Gasteiger partial charge >= 0.3 is 0 Å². The maximum absolute atomic E-state index is 11.7. The number of guanidine groups is 1. The van der Waals surface area contributed by atoms with Crippen molar-refractivity contribution in [2.45, 2.75) is 58.1 Å². The first-order valence-corrected chi connectivity index (χ1v) is 10.3. The minimum atomic E-state index is 0. The lowest BCUT2D eigenvalue weighted by Crippen LogP contribution is -2.39. The number of ether oxygens (including phenoxy) is 1. The zero-order chi connectivity index (χ0) is 18.9. The molecule has 2 aliphatic rings. The molecule has 3 rings (SSSR count). The summed E-state index contributed by atoms with van der Waals surface area (Å²) in [4.78, 5) is 18.3. The molecule has 1 aliphatic carbocycles. The Kier molecular flexibility index (Phi) is 9.87. The molecule has 2 N–H and O–H groups in total. The number of aliphatic imine (C=N–C) groups is 1. The first-order chi connectivity index (χ1) is 13.3. The van der Waals surface area contributed by atoms with Crippen molar-refractivity contribution >= 4 is 35.8 Å². The van der Waals surface area contributed by atoms with Crippen LogP contribution in [0.15, 0.2) is 29.3 Å². The fourth-order valence-electron chi connectivity index (χ4n) is 3.34. The predicted octanol–water partition coefficient (Wildman–Crippen LogP) is 3.30. The van der Waals surface area contributed by atoms with Crippen molar-refractivity contribution in [3.63, 3.8) is 0 Å². The van der Waals surface area contributed by atoms with E-state index in [4.69, 9.17) is 9.73 Å². The van der Waals surface area contributed by atoms with Gasteiger partial charge < -0.3 is 20.3 Å². The van der Waals surface area contributed by atoms with Crippen molar-refractivity contribution in [2.75, 3.05) is 26.2 Å². The molecule has 1 heterocycles. The highest BCUT2D eigenvalue weighted by molar-refractivity contribution is 14.0. The first-order valence-electron chi connectivity index (χ1n) is 10.3. The van der Waals surface area contributed by atoms with Crippen molar-refractivity contribution in [3.05, 3.63) is 29.8 Å². The number of para-hydroxylation sites is 1. The standard InChI is InChI=1S/C21H32N4O2.HI/c1-2-22-21(23-13-7-15-25-14-6-12-20(25)26)24-16-17-8-3-4-11-19(17)27-18-9-5-10-18;/h3-4,8,11,18H,2,5-7,9-10,12-16H2,1H3,(H2,22,23,24);1H. The van der Waals surface area contributed by atoms with Gasteiger partial charge in [0.25, 0.3) is 0 Å². The van der Waals surface area contributed by atoms with Crippen molar-refractivity contribution in [2.24, 2.45) is 4.99 Å². The Morgan fingerprint density at radius 1 is 1.25 bits per heavy atom. The van der Waals surface area contributed by atoms with E-state index in [1.165, 1.54) is 6.42 Å². The van der Waals surface area contributed by atoms with E-state index >= 15 is 0 Å². The molecule has 0 atom stereocenters. The summed E-state index contributed by atoms with van der Waals surface area (Å²) in [7, 11) is 0. The van der Waals surface area contributed by atoms with E-state index in [-0.39, 0.29) is 24.0 Å². The fourth-order valence-corrected chi connectivity index (χ4v) is 3.34. The van der Waals surface area contributed by atoms with Crippen molar-refractivity contribution in [1.82, 2.24) is 15.5 Å². The van der Waals surface area contributed by atoms with E-state index in [0.29, 0.717) is 25.0 Å². The molecule has 1 saturated carbocycles. The van der Waals surface area contributed by atoms with Gasteiger partial charge in [0, 0.05) is 38.2 Å². The molecular weight excluding hydrogens is 467 g/mol. The molecule has 1 aromatic carbocycles. The Morgan fingerprint density at radius 3 is 2.75 bits per heavy atom. The molecule has 156 valence electrons. The van der Waals surface area contributed by atoms with Crippen LogP contribution in [0.3, 0.4) is 0 Å². The molecule has 0 unspecified atom stereocenters. The van der Waals surface area contributed by atoms with Gasteiger partial charge in [0.1, 0.15) is 5.75 Å². The predicted molar refractivity (Wildman–Crippen MR) is 123 cm³/mol. The van der Waals surface area contributed by atoms with E-state index in [9.17, 15) is 4.79 Å². The zero-order valence-electron chi connectivity index (χ0n) is 16.8. The third-order valence-electron chi connectivity index (χ3n) is 5.14. The summed E-state index contributed by atoms with van der Waals surface area (Å²) in [5.41, 5.74) is 1.12. The Labute approximate surface area is 185 Å². The van der Waals surface area contributed by atoms with Crippen LogP contribution in [0.2, 0.25) is 0 Å². The van der Waals surface area contributed by atoms with E-state index in [1.807, 2.05) is 23.1 Å². The Morgan fingerprint density at radius 2 is 2.07 bits per heavy atom. The normalized spacial score (nSPS) is 17.1. The number of rotatable bonds is 9. The maximum atomic E-state index is 11.7. The average molecular weight is 500 g/mol. The number of carbonyl (C=O) groups excluding carboxylic acids is 1. The largest absolute Gasteiger partial charge is 0.490 e. The van der Waals surface area contributed by atoms with Crippen LogP contribution in [-0.4, -0.2) is 49.0 Å². The molecule has 2 fully saturated rings. The smallest absolute Gasteiger partial charge is 0.222 e. The number of carbonyl (C=O) groups is 1. The molecule has 1 saturated heterocycles. The third kappa shape index (κ3) is 6.83. The molecular formula is C21H33IN4O2. The molecule has 0 aromatic heterocycles. The highest BCUT2D eigenvalue weighted by Gasteiger charge is 2.20. The summed E-state index contributed by atoms with van der Waals surface area (Å²) in [6, 6.07) is 8.17. The molecule has 7 heteroatoms. The van der Waals surface area contributed by atoms with Gasteiger partial charge in [0.05, 0.1) is 12.6 Å². The minimum absolute atomic E-state index is 0. The number of hydrogen-bond donors (Lipinski definition) is 2.